The number of hydrogen-bond acceptors (Lipinski definition) is 5. The predicted octanol–water partition coefficient (Wildman–Crippen LogP) is 4.05. The number of pyridine rings is 1. The van der Waals surface area contributed by atoms with Crippen molar-refractivity contribution >= 4 is 22.9 Å². The highest BCUT2D eigenvalue weighted by Gasteiger charge is 2.04. The third-order valence-electron chi connectivity index (χ3n) is 2.32. The fraction of sp³-hybridized carbons (Fsp3) is 0. The molecular weight excluding hydrogens is 282 g/mol. The maximum Gasteiger partial charge on any atom is 0.321 e. The minimum Gasteiger partial charge on any atom is -0.423 e. The van der Waals surface area contributed by atoms with Gasteiger partial charge in [-0.2, -0.15) is 0 Å². The smallest absolute Gasteiger partial charge is 0.321 e. The number of ether oxygens (including phenoxy) is 1. The molecule has 0 saturated carbocycles. The maximum atomic E-state index is 5.82. The Kier molecular flexibility index (Phi) is 3.39. The molecule has 0 aliphatic carbocycles. The Hall–Kier alpha value is -1.98. The summed E-state index contributed by atoms with van der Waals surface area (Å²) in [6.45, 7) is 0. The number of hydrogen-bond donors (Lipinski definition) is 0. The molecule has 3 rings (SSSR count). The van der Waals surface area contributed by atoms with Crippen molar-refractivity contribution in [1.29, 1.82) is 0 Å². The quantitative estimate of drug-likeness (QED) is 0.730. The Balaban J connectivity index is 1.80. The lowest BCUT2D eigenvalue weighted by Gasteiger charge is -2.03. The van der Waals surface area contributed by atoms with Crippen molar-refractivity contribution in [2.24, 2.45) is 0 Å². The summed E-state index contributed by atoms with van der Waals surface area (Å²) in [7, 11) is 0. The van der Waals surface area contributed by atoms with Crippen LogP contribution in [0.3, 0.4) is 0 Å². The van der Waals surface area contributed by atoms with E-state index in [1.165, 1.54) is 6.20 Å². The molecule has 0 aliphatic rings. The van der Waals surface area contributed by atoms with Crippen molar-refractivity contribution in [3.63, 3.8) is 0 Å². The van der Waals surface area contributed by atoms with E-state index >= 15 is 0 Å². The van der Waals surface area contributed by atoms with E-state index in [4.69, 9.17) is 16.3 Å². The van der Waals surface area contributed by atoms with Crippen molar-refractivity contribution in [2.75, 3.05) is 0 Å². The monoisotopic (exact) mass is 289 g/mol. The zero-order valence-electron chi connectivity index (χ0n) is 9.65. The molecule has 94 valence electrons. The molecular formula is C13H8ClN3OS. The van der Waals surface area contributed by atoms with E-state index in [9.17, 15) is 0 Å². The van der Waals surface area contributed by atoms with Crippen LogP contribution in [0.2, 0.25) is 5.02 Å². The van der Waals surface area contributed by atoms with Gasteiger partial charge in [0.1, 0.15) is 0 Å². The zero-order chi connectivity index (χ0) is 13.1. The van der Waals surface area contributed by atoms with Crippen molar-refractivity contribution in [1.82, 2.24) is 15.0 Å². The first-order valence-electron chi connectivity index (χ1n) is 5.45. The summed E-state index contributed by atoms with van der Waals surface area (Å²) in [6, 6.07) is 5.93. The van der Waals surface area contributed by atoms with Crippen LogP contribution in [0.25, 0.3) is 10.4 Å². The van der Waals surface area contributed by atoms with Gasteiger partial charge < -0.3 is 4.74 Å². The van der Waals surface area contributed by atoms with E-state index < -0.39 is 0 Å². The lowest BCUT2D eigenvalue weighted by atomic mass is 10.3. The van der Waals surface area contributed by atoms with Crippen molar-refractivity contribution in [3.05, 3.63) is 53.4 Å². The number of nitrogens with zero attached hydrogens (tertiary/aromatic N) is 3. The van der Waals surface area contributed by atoms with Gasteiger partial charge in [-0.15, -0.1) is 11.3 Å². The van der Waals surface area contributed by atoms with E-state index in [0.717, 1.165) is 10.4 Å². The molecule has 0 aliphatic heterocycles. The first-order chi connectivity index (χ1) is 9.31. The first kappa shape index (κ1) is 12.1. The zero-order valence-corrected chi connectivity index (χ0v) is 11.2. The third kappa shape index (κ3) is 2.89. The molecule has 3 aromatic heterocycles. The van der Waals surface area contributed by atoms with E-state index in [0.29, 0.717) is 10.8 Å². The second-order valence-electron chi connectivity index (χ2n) is 3.67. The second kappa shape index (κ2) is 5.34. The summed E-state index contributed by atoms with van der Waals surface area (Å²) in [4.78, 5) is 13.4. The van der Waals surface area contributed by atoms with Gasteiger partial charge in [0.2, 0.25) is 0 Å². The molecule has 6 heteroatoms. The minimum atomic E-state index is 0.268. The van der Waals surface area contributed by atoms with Crippen molar-refractivity contribution < 1.29 is 4.74 Å². The van der Waals surface area contributed by atoms with Gasteiger partial charge >= 0.3 is 6.01 Å². The molecule has 0 spiro atoms. The van der Waals surface area contributed by atoms with Crippen LogP contribution in [0.1, 0.15) is 0 Å². The number of aromatic nitrogens is 3. The standard InChI is InChI=1S/C13H8ClN3OS/c14-10-4-11(8-15-7-10)18-13-16-5-9(6-17-13)12-2-1-3-19-12/h1-8H. The summed E-state index contributed by atoms with van der Waals surface area (Å²) in [5.74, 6) is 0.511. The molecule has 0 radical (unpaired) electrons. The van der Waals surface area contributed by atoms with E-state index in [1.54, 1.807) is 36.0 Å². The summed E-state index contributed by atoms with van der Waals surface area (Å²) in [5.41, 5.74) is 0.964. The highest BCUT2D eigenvalue weighted by Crippen LogP contribution is 2.25. The Morgan fingerprint density at radius 3 is 2.63 bits per heavy atom. The third-order valence-corrected chi connectivity index (χ3v) is 3.45. The van der Waals surface area contributed by atoms with Crippen molar-refractivity contribution in [3.8, 4) is 22.2 Å². The van der Waals surface area contributed by atoms with Crippen LogP contribution in [0, 0.1) is 0 Å². The summed E-state index contributed by atoms with van der Waals surface area (Å²) >= 11 is 7.46. The number of rotatable bonds is 3. The van der Waals surface area contributed by atoms with Gasteiger partial charge in [0.15, 0.2) is 5.75 Å². The number of thiophene rings is 1. The van der Waals surface area contributed by atoms with Gasteiger partial charge in [0.25, 0.3) is 0 Å². The Labute approximate surface area is 118 Å². The molecule has 0 atom stereocenters. The minimum absolute atomic E-state index is 0.268. The fourth-order valence-electron chi connectivity index (χ4n) is 1.49. The Morgan fingerprint density at radius 1 is 1.11 bits per heavy atom. The molecule has 3 heterocycles. The number of halogens is 1. The van der Waals surface area contributed by atoms with E-state index in [1.807, 2.05) is 17.5 Å². The normalized spacial score (nSPS) is 10.4. The Morgan fingerprint density at radius 2 is 1.95 bits per heavy atom. The van der Waals surface area contributed by atoms with Crippen molar-refractivity contribution in [2.45, 2.75) is 0 Å². The largest absolute Gasteiger partial charge is 0.423 e. The predicted molar refractivity (Wildman–Crippen MR) is 74.7 cm³/mol. The molecule has 0 fully saturated rings. The molecule has 0 bridgehead atoms. The van der Waals surface area contributed by atoms with Gasteiger partial charge in [-0.05, 0) is 11.4 Å². The summed E-state index contributed by atoms with van der Waals surface area (Å²) < 4.78 is 5.47. The molecule has 4 nitrogen and oxygen atoms in total. The SMILES string of the molecule is Clc1cncc(Oc2ncc(-c3cccs3)cn2)c1. The lowest BCUT2D eigenvalue weighted by molar-refractivity contribution is 0.440. The summed E-state index contributed by atoms with van der Waals surface area (Å²) in [5, 5.41) is 2.52. The van der Waals surface area contributed by atoms with Crippen LogP contribution >= 0.6 is 22.9 Å². The van der Waals surface area contributed by atoms with Gasteiger partial charge in [-0.25, -0.2) is 9.97 Å². The summed E-state index contributed by atoms with van der Waals surface area (Å²) in [6.07, 6.45) is 6.55. The fourth-order valence-corrected chi connectivity index (χ4v) is 2.36. The highest BCUT2D eigenvalue weighted by molar-refractivity contribution is 7.13. The first-order valence-corrected chi connectivity index (χ1v) is 6.71. The molecule has 19 heavy (non-hydrogen) atoms. The van der Waals surface area contributed by atoms with Gasteiger partial charge in [0, 0.05) is 35.1 Å². The molecule has 0 N–H and O–H groups in total. The van der Waals surface area contributed by atoms with Gasteiger partial charge in [-0.1, -0.05) is 17.7 Å². The lowest BCUT2D eigenvalue weighted by Crippen LogP contribution is -1.92. The topological polar surface area (TPSA) is 47.9 Å². The Bertz CT molecular complexity index is 671. The molecule has 0 aromatic carbocycles. The second-order valence-corrected chi connectivity index (χ2v) is 5.06. The van der Waals surface area contributed by atoms with E-state index in [-0.39, 0.29) is 6.01 Å². The van der Waals surface area contributed by atoms with Gasteiger partial charge in [0.05, 0.1) is 11.2 Å². The molecule has 3 aromatic rings. The van der Waals surface area contributed by atoms with Gasteiger partial charge in [-0.3, -0.25) is 4.98 Å². The van der Waals surface area contributed by atoms with E-state index in [2.05, 4.69) is 15.0 Å². The van der Waals surface area contributed by atoms with Crippen LogP contribution in [0.15, 0.2) is 48.4 Å². The van der Waals surface area contributed by atoms with Crippen LogP contribution in [0.5, 0.6) is 11.8 Å². The maximum absolute atomic E-state index is 5.82. The van der Waals surface area contributed by atoms with Crippen LogP contribution < -0.4 is 4.74 Å². The molecule has 0 amide bonds. The van der Waals surface area contributed by atoms with Crippen LogP contribution in [-0.4, -0.2) is 15.0 Å². The molecule has 0 unspecified atom stereocenters. The average Bonchev–Trinajstić information content (AvgIpc) is 2.94. The molecule has 0 saturated heterocycles. The average molecular weight is 290 g/mol. The van der Waals surface area contributed by atoms with Crippen LogP contribution in [0.4, 0.5) is 0 Å². The van der Waals surface area contributed by atoms with Crippen LogP contribution in [-0.2, 0) is 0 Å². The highest BCUT2D eigenvalue weighted by atomic mass is 35.5.